The Hall–Kier alpha value is -2.38. The Morgan fingerprint density at radius 3 is 2.47 bits per heavy atom. The van der Waals surface area contributed by atoms with Crippen molar-refractivity contribution in [3.8, 4) is 0 Å². The molecule has 0 spiro atoms. The van der Waals surface area contributed by atoms with Crippen molar-refractivity contribution in [2.45, 2.75) is 33.1 Å². The van der Waals surface area contributed by atoms with E-state index >= 15 is 0 Å². The first kappa shape index (κ1) is 14.7. The maximum absolute atomic E-state index is 11.4. The summed E-state index contributed by atoms with van der Waals surface area (Å²) in [6.07, 6.45) is 0.0263. The Bertz CT molecular complexity index is 495. The zero-order valence-corrected chi connectivity index (χ0v) is 10.6. The van der Waals surface area contributed by atoms with Crippen LogP contribution in [0.15, 0.2) is 4.52 Å². The summed E-state index contributed by atoms with van der Waals surface area (Å²) in [5.41, 5.74) is 1.32. The highest BCUT2D eigenvalue weighted by molar-refractivity contribution is 6.00. The number of aliphatic carboxylic acids is 1. The molecule has 8 nitrogen and oxygen atoms in total. The molecule has 19 heavy (non-hydrogen) atoms. The van der Waals surface area contributed by atoms with Gasteiger partial charge >= 0.3 is 12.0 Å². The molecular formula is C11H15N3O5. The molecule has 1 rings (SSSR count). The van der Waals surface area contributed by atoms with Gasteiger partial charge < -0.3 is 9.63 Å². The first-order valence-electron chi connectivity index (χ1n) is 5.65. The average molecular weight is 269 g/mol. The number of hydrogen-bond acceptors (Lipinski definition) is 5. The van der Waals surface area contributed by atoms with Gasteiger partial charge in [0.1, 0.15) is 0 Å². The molecule has 0 aromatic carbocycles. The molecule has 0 atom stereocenters. The van der Waals surface area contributed by atoms with Crippen LogP contribution in [0.5, 0.6) is 0 Å². The van der Waals surface area contributed by atoms with Crippen LogP contribution < -0.4 is 10.6 Å². The number of imide groups is 1. The van der Waals surface area contributed by atoms with Gasteiger partial charge in [0, 0.05) is 18.4 Å². The number of nitrogens with zero attached hydrogens (tertiary/aromatic N) is 1. The fourth-order valence-electron chi connectivity index (χ4n) is 1.26. The molecule has 3 amide bonds. The number of carbonyl (C=O) groups is 3. The number of carbonyl (C=O) groups excluding carboxylic acids is 2. The van der Waals surface area contributed by atoms with Crippen LogP contribution in [0.3, 0.4) is 0 Å². The normalized spacial score (nSPS) is 10.0. The van der Waals surface area contributed by atoms with Crippen molar-refractivity contribution in [3.63, 3.8) is 0 Å². The quantitative estimate of drug-likeness (QED) is 0.738. The molecule has 0 saturated heterocycles. The summed E-state index contributed by atoms with van der Waals surface area (Å²) in [5.74, 6) is -1.36. The highest BCUT2D eigenvalue weighted by Gasteiger charge is 2.13. The SMILES string of the molecule is Cc1noc(NC(=O)NC(=O)CCCC(=O)O)c1C. The summed E-state index contributed by atoms with van der Waals surface area (Å²) in [4.78, 5) is 33.0. The first-order chi connectivity index (χ1) is 8.90. The minimum Gasteiger partial charge on any atom is -0.481 e. The van der Waals surface area contributed by atoms with E-state index in [0.717, 1.165) is 0 Å². The molecule has 1 aromatic rings. The molecule has 0 fully saturated rings. The predicted molar refractivity (Wildman–Crippen MR) is 64.6 cm³/mol. The van der Waals surface area contributed by atoms with Crippen molar-refractivity contribution in [1.29, 1.82) is 0 Å². The van der Waals surface area contributed by atoms with E-state index in [9.17, 15) is 14.4 Å². The lowest BCUT2D eigenvalue weighted by Crippen LogP contribution is -2.34. The number of hydrogen-bond donors (Lipinski definition) is 3. The van der Waals surface area contributed by atoms with Crippen molar-refractivity contribution >= 4 is 23.8 Å². The monoisotopic (exact) mass is 269 g/mol. The Balaban J connectivity index is 2.37. The molecule has 104 valence electrons. The van der Waals surface area contributed by atoms with Gasteiger partial charge in [-0.05, 0) is 20.3 Å². The molecule has 0 radical (unpaired) electrons. The Morgan fingerprint density at radius 2 is 1.95 bits per heavy atom. The van der Waals surface area contributed by atoms with E-state index in [4.69, 9.17) is 9.63 Å². The number of anilines is 1. The number of urea groups is 1. The van der Waals surface area contributed by atoms with E-state index < -0.39 is 17.9 Å². The molecule has 0 unspecified atom stereocenters. The van der Waals surface area contributed by atoms with Crippen LogP contribution in [0.25, 0.3) is 0 Å². The predicted octanol–water partition coefficient (Wildman–Crippen LogP) is 1.19. The largest absolute Gasteiger partial charge is 0.481 e. The zero-order valence-electron chi connectivity index (χ0n) is 10.6. The van der Waals surface area contributed by atoms with Crippen LogP contribution in [-0.2, 0) is 9.59 Å². The summed E-state index contributed by atoms with van der Waals surface area (Å²) in [5, 5.41) is 16.5. The average Bonchev–Trinajstić information content (AvgIpc) is 2.60. The molecule has 0 aliphatic rings. The van der Waals surface area contributed by atoms with Crippen molar-refractivity contribution < 1.29 is 24.0 Å². The van der Waals surface area contributed by atoms with Crippen LogP contribution in [-0.4, -0.2) is 28.2 Å². The van der Waals surface area contributed by atoms with Gasteiger partial charge in [0.15, 0.2) is 0 Å². The summed E-state index contributed by atoms with van der Waals surface area (Å²) < 4.78 is 4.85. The summed E-state index contributed by atoms with van der Waals surface area (Å²) in [6, 6.07) is -0.737. The Morgan fingerprint density at radius 1 is 1.26 bits per heavy atom. The smallest absolute Gasteiger partial charge is 0.328 e. The van der Waals surface area contributed by atoms with Crippen LogP contribution in [0, 0.1) is 13.8 Å². The fraction of sp³-hybridized carbons (Fsp3) is 0.455. The number of amides is 3. The number of carboxylic acids is 1. The summed E-state index contributed by atoms with van der Waals surface area (Å²) in [7, 11) is 0. The third kappa shape index (κ3) is 4.78. The number of aryl methyl sites for hydroxylation is 1. The molecule has 1 aromatic heterocycles. The maximum Gasteiger partial charge on any atom is 0.328 e. The molecule has 0 saturated carbocycles. The van der Waals surface area contributed by atoms with Crippen LogP contribution in [0.2, 0.25) is 0 Å². The standard InChI is InChI=1S/C11H15N3O5/c1-6-7(2)14-19-10(6)13-11(18)12-8(15)4-3-5-9(16)17/h3-5H2,1-2H3,(H,16,17)(H2,12,13,15,18). The lowest BCUT2D eigenvalue weighted by molar-refractivity contribution is -0.137. The van der Waals surface area contributed by atoms with Crippen molar-refractivity contribution in [2.24, 2.45) is 0 Å². The van der Waals surface area contributed by atoms with Gasteiger partial charge in [-0.3, -0.25) is 20.2 Å². The van der Waals surface area contributed by atoms with E-state index in [2.05, 4.69) is 15.8 Å². The topological polar surface area (TPSA) is 122 Å². The molecule has 3 N–H and O–H groups in total. The van der Waals surface area contributed by atoms with Gasteiger partial charge in [0.25, 0.3) is 0 Å². The van der Waals surface area contributed by atoms with Crippen molar-refractivity contribution in [3.05, 3.63) is 11.3 Å². The molecule has 8 heteroatoms. The molecule has 0 aliphatic heterocycles. The van der Waals surface area contributed by atoms with Gasteiger partial charge in [-0.1, -0.05) is 5.16 Å². The third-order valence-electron chi connectivity index (χ3n) is 2.43. The lowest BCUT2D eigenvalue weighted by Gasteiger charge is -2.04. The molecular weight excluding hydrogens is 254 g/mol. The molecule has 0 bridgehead atoms. The van der Waals surface area contributed by atoms with E-state index in [1.807, 2.05) is 0 Å². The van der Waals surface area contributed by atoms with Gasteiger partial charge in [-0.25, -0.2) is 4.79 Å². The second-order valence-electron chi connectivity index (χ2n) is 3.97. The third-order valence-corrected chi connectivity index (χ3v) is 2.43. The minimum absolute atomic E-state index is 0.0336. The van der Waals surface area contributed by atoms with Crippen LogP contribution in [0.4, 0.5) is 10.7 Å². The lowest BCUT2D eigenvalue weighted by atomic mass is 10.2. The number of rotatable bonds is 5. The van der Waals surface area contributed by atoms with Crippen LogP contribution in [0.1, 0.15) is 30.5 Å². The summed E-state index contributed by atoms with van der Waals surface area (Å²) >= 11 is 0. The van der Waals surface area contributed by atoms with Gasteiger partial charge in [0.2, 0.25) is 11.8 Å². The molecule has 0 aliphatic carbocycles. The number of nitrogens with one attached hydrogen (secondary N) is 2. The fourth-order valence-corrected chi connectivity index (χ4v) is 1.26. The van der Waals surface area contributed by atoms with E-state index in [-0.39, 0.29) is 25.1 Å². The molecule has 1 heterocycles. The Labute approximate surface area is 109 Å². The van der Waals surface area contributed by atoms with Crippen molar-refractivity contribution in [2.75, 3.05) is 5.32 Å². The maximum atomic E-state index is 11.4. The van der Waals surface area contributed by atoms with Gasteiger partial charge in [0.05, 0.1) is 5.69 Å². The Kier molecular flexibility index (Phi) is 5.04. The van der Waals surface area contributed by atoms with E-state index in [1.54, 1.807) is 13.8 Å². The summed E-state index contributed by atoms with van der Waals surface area (Å²) in [6.45, 7) is 3.44. The first-order valence-corrected chi connectivity index (χ1v) is 5.65. The van der Waals surface area contributed by atoms with E-state index in [1.165, 1.54) is 0 Å². The number of carboxylic acid groups (broad SMARTS) is 1. The highest BCUT2D eigenvalue weighted by Crippen LogP contribution is 2.16. The minimum atomic E-state index is -0.981. The van der Waals surface area contributed by atoms with Crippen molar-refractivity contribution in [1.82, 2.24) is 10.5 Å². The zero-order chi connectivity index (χ0) is 14.4. The van der Waals surface area contributed by atoms with E-state index in [0.29, 0.717) is 11.3 Å². The van der Waals surface area contributed by atoms with Gasteiger partial charge in [-0.15, -0.1) is 0 Å². The second kappa shape index (κ2) is 6.53. The highest BCUT2D eigenvalue weighted by atomic mass is 16.5. The van der Waals surface area contributed by atoms with Crippen LogP contribution >= 0.6 is 0 Å². The number of aromatic nitrogens is 1. The van der Waals surface area contributed by atoms with Gasteiger partial charge in [-0.2, -0.15) is 0 Å². The second-order valence-corrected chi connectivity index (χ2v) is 3.97.